The lowest BCUT2D eigenvalue weighted by atomic mass is 9.90. The summed E-state index contributed by atoms with van der Waals surface area (Å²) in [4.78, 5) is 24.2. The number of hydrogen-bond donors (Lipinski definition) is 1. The Kier molecular flexibility index (Phi) is 6.56. The van der Waals surface area contributed by atoms with Gasteiger partial charge in [-0.05, 0) is 43.2 Å². The van der Waals surface area contributed by atoms with E-state index in [0.717, 1.165) is 0 Å². The number of esters is 1. The second-order valence-electron chi connectivity index (χ2n) is 6.54. The van der Waals surface area contributed by atoms with Crippen LogP contribution < -0.4 is 10.1 Å². The Morgan fingerprint density at radius 2 is 1.78 bits per heavy atom. The van der Waals surface area contributed by atoms with Gasteiger partial charge in [0.25, 0.3) is 5.91 Å². The van der Waals surface area contributed by atoms with E-state index in [-0.39, 0.29) is 11.5 Å². The maximum Gasteiger partial charge on any atom is 0.338 e. The van der Waals surface area contributed by atoms with E-state index in [9.17, 15) is 14.9 Å². The quantitative estimate of drug-likeness (QED) is 0.755. The highest BCUT2D eigenvalue weighted by molar-refractivity contribution is 5.91. The van der Waals surface area contributed by atoms with E-state index in [0.29, 0.717) is 11.5 Å². The number of carbonyl (C=O) groups excluding carboxylic acids is 2. The average molecular weight is 366 g/mol. The molecule has 0 fully saturated rings. The Morgan fingerprint density at radius 1 is 1.11 bits per heavy atom. The Hall–Kier alpha value is -3.33. The SMILES string of the molecule is CC(C)[C@](C)(C#N)NC(=O)COC(=O)c1cccc(Oc2ccccc2)c1. The number of nitriles is 1. The van der Waals surface area contributed by atoms with Gasteiger partial charge in [0.2, 0.25) is 0 Å². The van der Waals surface area contributed by atoms with E-state index >= 15 is 0 Å². The predicted molar refractivity (Wildman–Crippen MR) is 100 cm³/mol. The van der Waals surface area contributed by atoms with Crippen LogP contribution in [0.2, 0.25) is 0 Å². The van der Waals surface area contributed by atoms with Crippen LogP contribution >= 0.6 is 0 Å². The molecule has 0 radical (unpaired) electrons. The van der Waals surface area contributed by atoms with E-state index in [1.165, 1.54) is 0 Å². The fourth-order valence-corrected chi connectivity index (χ4v) is 2.15. The lowest BCUT2D eigenvalue weighted by molar-refractivity contribution is -0.125. The second-order valence-corrected chi connectivity index (χ2v) is 6.54. The zero-order valence-corrected chi connectivity index (χ0v) is 15.6. The van der Waals surface area contributed by atoms with Crippen LogP contribution in [0.15, 0.2) is 54.6 Å². The molecule has 27 heavy (non-hydrogen) atoms. The highest BCUT2D eigenvalue weighted by Crippen LogP contribution is 2.22. The van der Waals surface area contributed by atoms with Gasteiger partial charge in [-0.2, -0.15) is 5.26 Å². The van der Waals surface area contributed by atoms with Crippen LogP contribution in [-0.2, 0) is 9.53 Å². The summed E-state index contributed by atoms with van der Waals surface area (Å²) >= 11 is 0. The molecule has 0 unspecified atom stereocenters. The van der Waals surface area contributed by atoms with Crippen molar-refractivity contribution in [2.75, 3.05) is 6.61 Å². The number of ether oxygens (including phenoxy) is 2. The normalized spacial score (nSPS) is 12.6. The average Bonchev–Trinajstić information content (AvgIpc) is 2.67. The molecule has 140 valence electrons. The van der Waals surface area contributed by atoms with Gasteiger partial charge < -0.3 is 14.8 Å². The molecule has 2 aromatic rings. The predicted octanol–water partition coefficient (Wildman–Crippen LogP) is 3.69. The zero-order chi connectivity index (χ0) is 19.9. The third-order valence-electron chi connectivity index (χ3n) is 4.17. The molecule has 1 N–H and O–H groups in total. The van der Waals surface area contributed by atoms with E-state index in [1.807, 2.05) is 32.0 Å². The van der Waals surface area contributed by atoms with Gasteiger partial charge in [-0.3, -0.25) is 4.79 Å². The number of amides is 1. The number of carbonyl (C=O) groups is 2. The van der Waals surface area contributed by atoms with Gasteiger partial charge >= 0.3 is 5.97 Å². The van der Waals surface area contributed by atoms with Gasteiger partial charge in [0.1, 0.15) is 17.0 Å². The van der Waals surface area contributed by atoms with Crippen LogP contribution in [0, 0.1) is 17.2 Å². The van der Waals surface area contributed by atoms with Crippen LogP contribution in [0.25, 0.3) is 0 Å². The molecule has 0 bridgehead atoms. The molecule has 0 aliphatic heterocycles. The van der Waals surface area contributed by atoms with E-state index < -0.39 is 24.0 Å². The molecule has 1 amide bonds. The maximum atomic E-state index is 12.2. The molecule has 0 spiro atoms. The first-order valence-electron chi connectivity index (χ1n) is 8.56. The van der Waals surface area contributed by atoms with Crippen LogP contribution in [0.1, 0.15) is 31.1 Å². The van der Waals surface area contributed by atoms with Crippen molar-refractivity contribution in [3.05, 3.63) is 60.2 Å². The molecule has 1 atom stereocenters. The number of nitrogens with zero attached hydrogens (tertiary/aromatic N) is 1. The monoisotopic (exact) mass is 366 g/mol. The van der Waals surface area contributed by atoms with E-state index in [1.54, 1.807) is 43.3 Å². The van der Waals surface area contributed by atoms with Crippen molar-refractivity contribution in [2.24, 2.45) is 5.92 Å². The Labute approximate surface area is 158 Å². The lowest BCUT2D eigenvalue weighted by Crippen LogP contribution is -2.50. The molecule has 0 aromatic heterocycles. The highest BCUT2D eigenvalue weighted by atomic mass is 16.5. The van der Waals surface area contributed by atoms with Crippen LogP contribution in [0.4, 0.5) is 0 Å². The van der Waals surface area contributed by atoms with Crippen LogP contribution in [0.5, 0.6) is 11.5 Å². The van der Waals surface area contributed by atoms with Gasteiger partial charge in [-0.1, -0.05) is 38.1 Å². The van der Waals surface area contributed by atoms with Crippen molar-refractivity contribution in [3.63, 3.8) is 0 Å². The summed E-state index contributed by atoms with van der Waals surface area (Å²) in [6.45, 7) is 4.82. The van der Waals surface area contributed by atoms with Gasteiger partial charge in [-0.15, -0.1) is 0 Å². The number of benzene rings is 2. The second kappa shape index (κ2) is 8.86. The van der Waals surface area contributed by atoms with E-state index in [4.69, 9.17) is 9.47 Å². The first kappa shape index (κ1) is 20.0. The smallest absolute Gasteiger partial charge is 0.338 e. The minimum absolute atomic E-state index is 0.0889. The third-order valence-corrected chi connectivity index (χ3v) is 4.17. The van der Waals surface area contributed by atoms with Crippen molar-refractivity contribution in [1.29, 1.82) is 5.26 Å². The molecule has 0 aliphatic carbocycles. The number of para-hydroxylation sites is 1. The van der Waals surface area contributed by atoms with Gasteiger partial charge in [0, 0.05) is 0 Å². The molecule has 6 nitrogen and oxygen atoms in total. The summed E-state index contributed by atoms with van der Waals surface area (Å²) in [5, 5.41) is 11.8. The summed E-state index contributed by atoms with van der Waals surface area (Å²) in [5.74, 6) is -0.137. The highest BCUT2D eigenvalue weighted by Gasteiger charge is 2.30. The summed E-state index contributed by atoms with van der Waals surface area (Å²) in [6.07, 6.45) is 0. The van der Waals surface area contributed by atoms with Crippen LogP contribution in [-0.4, -0.2) is 24.0 Å². The topological polar surface area (TPSA) is 88.4 Å². The lowest BCUT2D eigenvalue weighted by Gasteiger charge is -2.27. The summed E-state index contributed by atoms with van der Waals surface area (Å²) in [6, 6.07) is 17.7. The van der Waals surface area contributed by atoms with E-state index in [2.05, 4.69) is 11.4 Å². The third kappa shape index (κ3) is 5.58. The molecule has 2 aromatic carbocycles. The Bertz CT molecular complexity index is 843. The summed E-state index contributed by atoms with van der Waals surface area (Å²) in [5.41, 5.74) is -0.754. The number of nitrogens with one attached hydrogen (secondary N) is 1. The molecule has 0 saturated carbocycles. The molecular weight excluding hydrogens is 344 g/mol. The Morgan fingerprint density at radius 3 is 2.41 bits per heavy atom. The van der Waals surface area contributed by atoms with Crippen molar-refractivity contribution >= 4 is 11.9 Å². The molecular formula is C21H22N2O4. The number of rotatable bonds is 7. The van der Waals surface area contributed by atoms with Gasteiger partial charge in [-0.25, -0.2) is 4.79 Å². The standard InChI is InChI=1S/C21H22N2O4/c1-15(2)21(3,14-22)23-19(24)13-26-20(25)16-8-7-11-18(12-16)27-17-9-5-4-6-10-17/h4-12,15H,13H2,1-3H3,(H,23,24)/t21-/m0/s1. The molecule has 0 heterocycles. The van der Waals surface area contributed by atoms with Crippen molar-refractivity contribution in [2.45, 2.75) is 26.3 Å². The number of hydrogen-bond acceptors (Lipinski definition) is 5. The minimum Gasteiger partial charge on any atom is -0.457 e. The molecule has 6 heteroatoms. The summed E-state index contributed by atoms with van der Waals surface area (Å²) in [7, 11) is 0. The fraction of sp³-hybridized carbons (Fsp3) is 0.286. The molecule has 0 aliphatic rings. The van der Waals surface area contributed by atoms with Gasteiger partial charge in [0.05, 0.1) is 11.6 Å². The maximum absolute atomic E-state index is 12.2. The van der Waals surface area contributed by atoms with Gasteiger partial charge in [0.15, 0.2) is 6.61 Å². The Balaban J connectivity index is 1.95. The van der Waals surface area contributed by atoms with Crippen molar-refractivity contribution in [1.82, 2.24) is 5.32 Å². The fourth-order valence-electron chi connectivity index (χ4n) is 2.15. The zero-order valence-electron chi connectivity index (χ0n) is 15.6. The molecule has 2 rings (SSSR count). The minimum atomic E-state index is -1.02. The largest absolute Gasteiger partial charge is 0.457 e. The summed E-state index contributed by atoms with van der Waals surface area (Å²) < 4.78 is 10.7. The van der Waals surface area contributed by atoms with Crippen molar-refractivity contribution in [3.8, 4) is 17.6 Å². The van der Waals surface area contributed by atoms with Crippen LogP contribution in [0.3, 0.4) is 0 Å². The van der Waals surface area contributed by atoms with Crippen molar-refractivity contribution < 1.29 is 19.1 Å². The first-order chi connectivity index (χ1) is 12.8. The first-order valence-corrected chi connectivity index (χ1v) is 8.56. The molecule has 0 saturated heterocycles.